The molecule has 0 radical (unpaired) electrons. The van der Waals surface area contributed by atoms with Crippen LogP contribution in [0.25, 0.3) is 0 Å². The first kappa shape index (κ1) is 12.9. The molecule has 2 unspecified atom stereocenters. The second-order valence-corrected chi connectivity index (χ2v) is 5.09. The van der Waals surface area contributed by atoms with Crippen LogP contribution >= 0.6 is 11.6 Å². The number of halogens is 1. The topological polar surface area (TPSA) is 21.3 Å². The van der Waals surface area contributed by atoms with Crippen molar-refractivity contribution < 1.29 is 4.74 Å². The summed E-state index contributed by atoms with van der Waals surface area (Å²) < 4.78 is 5.49. The number of benzene rings is 1. The zero-order chi connectivity index (χ0) is 12.3. The fourth-order valence-corrected chi connectivity index (χ4v) is 2.80. The highest BCUT2D eigenvalue weighted by molar-refractivity contribution is 6.31. The molecule has 0 saturated carbocycles. The van der Waals surface area contributed by atoms with Crippen molar-refractivity contribution in [2.24, 2.45) is 5.92 Å². The third kappa shape index (κ3) is 3.01. The van der Waals surface area contributed by atoms with Crippen molar-refractivity contribution in [2.45, 2.75) is 26.3 Å². The van der Waals surface area contributed by atoms with E-state index < -0.39 is 0 Å². The van der Waals surface area contributed by atoms with E-state index in [1.54, 1.807) is 0 Å². The third-order valence-corrected chi connectivity index (χ3v) is 3.68. The van der Waals surface area contributed by atoms with E-state index in [1.807, 2.05) is 6.07 Å². The molecule has 1 aromatic carbocycles. The Morgan fingerprint density at radius 1 is 1.53 bits per heavy atom. The monoisotopic (exact) mass is 253 g/mol. The van der Waals surface area contributed by atoms with Gasteiger partial charge < -0.3 is 10.1 Å². The summed E-state index contributed by atoms with van der Waals surface area (Å²) in [5.74, 6) is 0.537. The predicted octanol–water partition coefficient (Wildman–Crippen LogP) is 3.34. The number of ether oxygens (including phenoxy) is 1. The highest BCUT2D eigenvalue weighted by Crippen LogP contribution is 2.33. The molecule has 17 heavy (non-hydrogen) atoms. The lowest BCUT2D eigenvalue weighted by Crippen LogP contribution is -2.28. The van der Waals surface area contributed by atoms with Crippen molar-refractivity contribution >= 4 is 11.6 Å². The molecule has 0 amide bonds. The van der Waals surface area contributed by atoms with Gasteiger partial charge in [0.05, 0.1) is 6.61 Å². The average Bonchev–Trinajstić information content (AvgIpc) is 2.80. The Morgan fingerprint density at radius 3 is 2.94 bits per heavy atom. The molecule has 1 saturated heterocycles. The summed E-state index contributed by atoms with van der Waals surface area (Å²) in [4.78, 5) is 0. The molecule has 0 aliphatic carbocycles. The number of nitrogens with one attached hydrogen (secondary N) is 1. The van der Waals surface area contributed by atoms with Gasteiger partial charge in [0.1, 0.15) is 0 Å². The zero-order valence-corrected chi connectivity index (χ0v) is 11.3. The molecule has 1 fully saturated rings. The minimum atomic E-state index is 0.315. The number of rotatable bonds is 4. The van der Waals surface area contributed by atoms with Gasteiger partial charge in [0.25, 0.3) is 0 Å². The maximum Gasteiger partial charge on any atom is 0.0513 e. The van der Waals surface area contributed by atoms with Gasteiger partial charge in [-0.25, -0.2) is 0 Å². The van der Waals surface area contributed by atoms with Crippen LogP contribution in [0.4, 0.5) is 0 Å². The van der Waals surface area contributed by atoms with Gasteiger partial charge in [-0.3, -0.25) is 0 Å². The fourth-order valence-electron chi connectivity index (χ4n) is 2.45. The van der Waals surface area contributed by atoms with E-state index in [9.17, 15) is 0 Å². The minimum absolute atomic E-state index is 0.315. The van der Waals surface area contributed by atoms with Crippen molar-refractivity contribution in [2.75, 3.05) is 19.8 Å². The van der Waals surface area contributed by atoms with Crippen LogP contribution in [0.3, 0.4) is 0 Å². The molecule has 2 atom stereocenters. The fraction of sp³-hybridized carbons (Fsp3) is 0.571. The lowest BCUT2D eigenvalue weighted by atomic mass is 9.91. The summed E-state index contributed by atoms with van der Waals surface area (Å²) in [6.07, 6.45) is 1.11. The van der Waals surface area contributed by atoms with E-state index in [2.05, 4.69) is 31.3 Å². The van der Waals surface area contributed by atoms with Gasteiger partial charge in [-0.2, -0.15) is 0 Å². The second kappa shape index (κ2) is 5.85. The molecule has 94 valence electrons. The molecular weight excluding hydrogens is 234 g/mol. The van der Waals surface area contributed by atoms with Crippen LogP contribution in [-0.2, 0) is 4.74 Å². The van der Waals surface area contributed by atoms with E-state index in [-0.39, 0.29) is 0 Å². The Bertz CT molecular complexity index is 374. The molecule has 3 heteroatoms. The highest BCUT2D eigenvalue weighted by atomic mass is 35.5. The van der Waals surface area contributed by atoms with Crippen molar-refractivity contribution in [1.82, 2.24) is 5.32 Å². The smallest absolute Gasteiger partial charge is 0.0513 e. The van der Waals surface area contributed by atoms with Gasteiger partial charge in [0.2, 0.25) is 0 Å². The van der Waals surface area contributed by atoms with Crippen LogP contribution in [0.5, 0.6) is 0 Å². The summed E-state index contributed by atoms with van der Waals surface area (Å²) in [6.45, 7) is 6.85. The van der Waals surface area contributed by atoms with Crippen molar-refractivity contribution in [1.29, 1.82) is 0 Å². The molecule has 0 bridgehead atoms. The van der Waals surface area contributed by atoms with Gasteiger partial charge in [-0.05, 0) is 37.1 Å². The lowest BCUT2D eigenvalue weighted by Gasteiger charge is -2.25. The molecule has 2 nitrogen and oxygen atoms in total. The zero-order valence-electron chi connectivity index (χ0n) is 10.5. The summed E-state index contributed by atoms with van der Waals surface area (Å²) in [6, 6.07) is 6.62. The Kier molecular flexibility index (Phi) is 4.43. The molecule has 1 aromatic rings. The van der Waals surface area contributed by atoms with Gasteiger partial charge in [-0.1, -0.05) is 30.7 Å². The molecule has 1 aliphatic rings. The average molecular weight is 254 g/mol. The summed E-state index contributed by atoms with van der Waals surface area (Å²) >= 11 is 6.36. The number of hydrogen-bond donors (Lipinski definition) is 1. The van der Waals surface area contributed by atoms with Gasteiger partial charge >= 0.3 is 0 Å². The Morgan fingerprint density at radius 2 is 2.35 bits per heavy atom. The van der Waals surface area contributed by atoms with Crippen LogP contribution in [-0.4, -0.2) is 19.8 Å². The van der Waals surface area contributed by atoms with Crippen LogP contribution in [0.1, 0.15) is 30.5 Å². The third-order valence-electron chi connectivity index (χ3n) is 3.35. The van der Waals surface area contributed by atoms with Crippen LogP contribution < -0.4 is 5.32 Å². The molecule has 1 aliphatic heterocycles. The lowest BCUT2D eigenvalue weighted by molar-refractivity contribution is 0.177. The molecule has 2 rings (SSSR count). The van der Waals surface area contributed by atoms with E-state index >= 15 is 0 Å². The standard InChI is InChI=1S/C14H20ClNO/c1-3-16-14(11-6-7-17-9-11)12-5-4-10(2)8-13(12)15/h4-5,8,11,14,16H,3,6-7,9H2,1-2H3. The minimum Gasteiger partial charge on any atom is -0.381 e. The Hall–Kier alpha value is -0.570. The molecule has 0 spiro atoms. The number of hydrogen-bond acceptors (Lipinski definition) is 2. The maximum atomic E-state index is 6.36. The SMILES string of the molecule is CCNC(c1ccc(C)cc1Cl)C1CCOC1. The number of aryl methyl sites for hydroxylation is 1. The molecule has 1 heterocycles. The van der Waals surface area contributed by atoms with E-state index in [1.165, 1.54) is 11.1 Å². The Labute approximate surface area is 108 Å². The van der Waals surface area contributed by atoms with E-state index in [0.29, 0.717) is 12.0 Å². The normalized spacial score (nSPS) is 21.7. The first-order valence-electron chi connectivity index (χ1n) is 6.29. The Balaban J connectivity index is 2.24. The van der Waals surface area contributed by atoms with Crippen LogP contribution in [0.15, 0.2) is 18.2 Å². The predicted molar refractivity (Wildman–Crippen MR) is 71.5 cm³/mol. The summed E-state index contributed by atoms with van der Waals surface area (Å²) in [5.41, 5.74) is 2.41. The van der Waals surface area contributed by atoms with Crippen molar-refractivity contribution in [3.8, 4) is 0 Å². The maximum absolute atomic E-state index is 6.36. The highest BCUT2D eigenvalue weighted by Gasteiger charge is 2.27. The van der Waals surface area contributed by atoms with E-state index in [0.717, 1.165) is 31.2 Å². The first-order valence-corrected chi connectivity index (χ1v) is 6.67. The van der Waals surface area contributed by atoms with Crippen molar-refractivity contribution in [3.05, 3.63) is 34.3 Å². The largest absolute Gasteiger partial charge is 0.381 e. The molecule has 1 N–H and O–H groups in total. The summed E-state index contributed by atoms with van der Waals surface area (Å²) in [5, 5.41) is 4.40. The van der Waals surface area contributed by atoms with Crippen LogP contribution in [0, 0.1) is 12.8 Å². The van der Waals surface area contributed by atoms with Crippen molar-refractivity contribution in [3.63, 3.8) is 0 Å². The first-order chi connectivity index (χ1) is 8.22. The summed E-state index contributed by atoms with van der Waals surface area (Å²) in [7, 11) is 0. The van der Waals surface area contributed by atoms with Gasteiger partial charge in [0, 0.05) is 23.6 Å². The quantitative estimate of drug-likeness (QED) is 0.889. The van der Waals surface area contributed by atoms with Gasteiger partial charge in [-0.15, -0.1) is 0 Å². The van der Waals surface area contributed by atoms with E-state index in [4.69, 9.17) is 16.3 Å². The van der Waals surface area contributed by atoms with Gasteiger partial charge in [0.15, 0.2) is 0 Å². The second-order valence-electron chi connectivity index (χ2n) is 4.68. The molecular formula is C14H20ClNO. The molecule has 0 aromatic heterocycles. The van der Waals surface area contributed by atoms with Crippen LogP contribution in [0.2, 0.25) is 5.02 Å².